The van der Waals surface area contributed by atoms with Crippen molar-refractivity contribution in [1.29, 1.82) is 0 Å². The number of rotatable bonds is 4. The molecule has 0 aliphatic carbocycles. The van der Waals surface area contributed by atoms with Gasteiger partial charge in [-0.25, -0.2) is 0 Å². The van der Waals surface area contributed by atoms with E-state index in [9.17, 15) is 4.79 Å². The number of hydrogen-bond donors (Lipinski definition) is 2. The van der Waals surface area contributed by atoms with Crippen molar-refractivity contribution in [3.63, 3.8) is 0 Å². The molecule has 0 saturated heterocycles. The minimum atomic E-state index is -0.301. The molecule has 0 radical (unpaired) electrons. The third-order valence-corrected chi connectivity index (χ3v) is 4.05. The molecule has 1 aliphatic heterocycles. The van der Waals surface area contributed by atoms with E-state index in [2.05, 4.69) is 10.6 Å². The Kier molecular flexibility index (Phi) is 4.96. The molecule has 1 atom stereocenters. The third kappa shape index (κ3) is 3.83. The third-order valence-electron chi connectivity index (χ3n) is 3.74. The van der Waals surface area contributed by atoms with E-state index in [1.54, 1.807) is 0 Å². The predicted octanol–water partition coefficient (Wildman–Crippen LogP) is 2.71. The van der Waals surface area contributed by atoms with Crippen molar-refractivity contribution in [2.45, 2.75) is 19.5 Å². The maximum absolute atomic E-state index is 12.1. The fourth-order valence-electron chi connectivity index (χ4n) is 2.40. The molecular weight excluding hydrogens is 324 g/mol. The highest BCUT2D eigenvalue weighted by Gasteiger charge is 2.15. The minimum Gasteiger partial charge on any atom is -0.454 e. The highest BCUT2D eigenvalue weighted by molar-refractivity contribution is 7.82. The van der Waals surface area contributed by atoms with Gasteiger partial charge in [0.15, 0.2) is 16.5 Å². The molecule has 3 rings (SSSR count). The van der Waals surface area contributed by atoms with Gasteiger partial charge in [-0.05, 0) is 30.2 Å². The number of benzene rings is 2. The molecule has 24 heavy (non-hydrogen) atoms. The molecule has 0 spiro atoms. The summed E-state index contributed by atoms with van der Waals surface area (Å²) in [5.74, 6) is 1.12. The number of fused-ring (bicyclic) bond motifs is 1. The molecule has 6 heteroatoms. The molecule has 1 heterocycles. The van der Waals surface area contributed by atoms with Gasteiger partial charge in [-0.1, -0.05) is 48.6 Å². The Hall–Kier alpha value is -2.60. The van der Waals surface area contributed by atoms with Gasteiger partial charge in [0.05, 0.1) is 0 Å². The minimum absolute atomic E-state index is 0.0324. The van der Waals surface area contributed by atoms with Gasteiger partial charge in [0.25, 0.3) is 5.91 Å². The molecule has 0 bridgehead atoms. The number of ether oxygens (including phenoxy) is 2. The van der Waals surface area contributed by atoms with E-state index in [0.29, 0.717) is 12.3 Å². The molecule has 1 unspecified atom stereocenters. The highest BCUT2D eigenvalue weighted by Crippen LogP contribution is 2.32. The standard InChI is InChI=1S/C18H18N2O3S/c1-12(14-5-3-2-4-6-14)20-18(24)17(21)19-10-13-7-8-15-16(9-13)23-11-22-15/h2-9,12H,10-11H2,1H3,(H,19,21)(H,20,24). The normalized spacial score (nSPS) is 13.2. The van der Waals surface area contributed by atoms with E-state index < -0.39 is 0 Å². The molecule has 1 aliphatic rings. The molecule has 0 saturated carbocycles. The van der Waals surface area contributed by atoms with E-state index in [1.807, 2.05) is 55.5 Å². The summed E-state index contributed by atoms with van der Waals surface area (Å²) in [6.07, 6.45) is 0. The van der Waals surface area contributed by atoms with E-state index in [0.717, 1.165) is 16.9 Å². The second-order valence-corrected chi connectivity index (χ2v) is 5.88. The van der Waals surface area contributed by atoms with Crippen LogP contribution >= 0.6 is 12.2 Å². The first-order chi connectivity index (χ1) is 11.6. The summed E-state index contributed by atoms with van der Waals surface area (Å²) in [5.41, 5.74) is 2.00. The summed E-state index contributed by atoms with van der Waals surface area (Å²) in [6.45, 7) is 2.57. The number of carbonyl (C=O) groups is 1. The zero-order chi connectivity index (χ0) is 16.9. The molecule has 2 aromatic rings. The molecule has 1 amide bonds. The summed E-state index contributed by atoms with van der Waals surface area (Å²) in [5, 5.41) is 5.86. The van der Waals surface area contributed by atoms with Crippen molar-refractivity contribution in [3.8, 4) is 11.5 Å². The lowest BCUT2D eigenvalue weighted by Crippen LogP contribution is -2.39. The maximum Gasteiger partial charge on any atom is 0.278 e. The molecule has 5 nitrogen and oxygen atoms in total. The van der Waals surface area contributed by atoms with Crippen LogP contribution in [0.2, 0.25) is 0 Å². The van der Waals surface area contributed by atoms with Gasteiger partial charge in [0.1, 0.15) is 0 Å². The van der Waals surface area contributed by atoms with E-state index >= 15 is 0 Å². The van der Waals surface area contributed by atoms with Gasteiger partial charge in [-0.2, -0.15) is 0 Å². The van der Waals surface area contributed by atoms with Gasteiger partial charge in [0, 0.05) is 12.6 Å². The van der Waals surface area contributed by atoms with Crippen LogP contribution in [0.5, 0.6) is 11.5 Å². The number of hydrogen-bond acceptors (Lipinski definition) is 4. The lowest BCUT2D eigenvalue weighted by molar-refractivity contribution is -0.115. The van der Waals surface area contributed by atoms with Gasteiger partial charge < -0.3 is 20.1 Å². The molecule has 2 aromatic carbocycles. The van der Waals surface area contributed by atoms with Crippen molar-refractivity contribution >= 4 is 23.1 Å². The number of amides is 1. The average Bonchev–Trinajstić information content (AvgIpc) is 3.08. The van der Waals surface area contributed by atoms with Gasteiger partial charge in [0.2, 0.25) is 6.79 Å². The zero-order valence-corrected chi connectivity index (χ0v) is 14.1. The van der Waals surface area contributed by atoms with E-state index in [1.165, 1.54) is 0 Å². The van der Waals surface area contributed by atoms with Crippen molar-refractivity contribution in [2.75, 3.05) is 6.79 Å². The topological polar surface area (TPSA) is 59.6 Å². The number of thiocarbonyl (C=S) groups is 1. The van der Waals surface area contributed by atoms with Crippen LogP contribution in [0, 0.1) is 0 Å². The second-order valence-electron chi connectivity index (χ2n) is 5.48. The van der Waals surface area contributed by atoms with Crippen molar-refractivity contribution < 1.29 is 14.3 Å². The fraction of sp³-hybridized carbons (Fsp3) is 0.222. The first-order valence-electron chi connectivity index (χ1n) is 7.65. The largest absolute Gasteiger partial charge is 0.454 e. The summed E-state index contributed by atoms with van der Waals surface area (Å²) in [6, 6.07) is 15.4. The summed E-state index contributed by atoms with van der Waals surface area (Å²) in [4.78, 5) is 12.3. The smallest absolute Gasteiger partial charge is 0.278 e. The Bertz CT molecular complexity index is 749. The second kappa shape index (κ2) is 7.31. The van der Waals surface area contributed by atoms with Crippen LogP contribution in [0.4, 0.5) is 0 Å². The Balaban J connectivity index is 1.52. The summed E-state index contributed by atoms with van der Waals surface area (Å²) >= 11 is 5.18. The van der Waals surface area contributed by atoms with Crippen LogP contribution in [0.15, 0.2) is 48.5 Å². The fourth-order valence-corrected chi connectivity index (χ4v) is 2.65. The molecular formula is C18H18N2O3S. The quantitative estimate of drug-likeness (QED) is 0.837. The Morgan fingerprint density at radius 2 is 1.92 bits per heavy atom. The molecule has 2 N–H and O–H groups in total. The monoisotopic (exact) mass is 342 g/mol. The number of nitrogens with one attached hydrogen (secondary N) is 2. The Morgan fingerprint density at radius 3 is 2.71 bits per heavy atom. The maximum atomic E-state index is 12.1. The van der Waals surface area contributed by atoms with Gasteiger partial charge >= 0.3 is 0 Å². The number of carbonyl (C=O) groups excluding carboxylic acids is 1. The highest BCUT2D eigenvalue weighted by atomic mass is 32.1. The van der Waals surface area contributed by atoms with Crippen molar-refractivity contribution in [3.05, 3.63) is 59.7 Å². The zero-order valence-electron chi connectivity index (χ0n) is 13.2. The van der Waals surface area contributed by atoms with Gasteiger partial charge in [-0.3, -0.25) is 4.79 Å². The van der Waals surface area contributed by atoms with Crippen LogP contribution in [0.1, 0.15) is 24.1 Å². The first kappa shape index (κ1) is 16.3. The van der Waals surface area contributed by atoms with Crippen LogP contribution in [0.25, 0.3) is 0 Å². The van der Waals surface area contributed by atoms with Crippen LogP contribution in [-0.2, 0) is 11.3 Å². The Labute approximate surface area is 146 Å². The Morgan fingerprint density at radius 1 is 1.17 bits per heavy atom. The van der Waals surface area contributed by atoms with Crippen LogP contribution < -0.4 is 20.1 Å². The lowest BCUT2D eigenvalue weighted by atomic mass is 10.1. The predicted molar refractivity (Wildman–Crippen MR) is 95.0 cm³/mol. The SMILES string of the molecule is CC(NC(=S)C(=O)NCc1ccc2c(c1)OCO2)c1ccccc1. The van der Waals surface area contributed by atoms with Crippen LogP contribution in [-0.4, -0.2) is 17.7 Å². The first-order valence-corrected chi connectivity index (χ1v) is 8.06. The summed E-state index contributed by atoms with van der Waals surface area (Å²) in [7, 11) is 0. The van der Waals surface area contributed by atoms with Crippen molar-refractivity contribution in [1.82, 2.24) is 10.6 Å². The average molecular weight is 342 g/mol. The molecule has 0 aromatic heterocycles. The van der Waals surface area contributed by atoms with E-state index in [-0.39, 0.29) is 23.7 Å². The van der Waals surface area contributed by atoms with Gasteiger partial charge in [-0.15, -0.1) is 0 Å². The van der Waals surface area contributed by atoms with Crippen LogP contribution in [0.3, 0.4) is 0 Å². The lowest BCUT2D eigenvalue weighted by Gasteiger charge is -2.16. The molecule has 124 valence electrons. The summed E-state index contributed by atoms with van der Waals surface area (Å²) < 4.78 is 10.6. The van der Waals surface area contributed by atoms with E-state index in [4.69, 9.17) is 21.7 Å². The molecule has 0 fully saturated rings. The van der Waals surface area contributed by atoms with Crippen molar-refractivity contribution in [2.24, 2.45) is 0 Å².